The van der Waals surface area contributed by atoms with Gasteiger partial charge in [0.2, 0.25) is 0 Å². The molecule has 0 atom stereocenters. The molecule has 0 radical (unpaired) electrons. The molecule has 2 aromatic rings. The molecule has 2 N–H and O–H groups in total. The third-order valence-electron chi connectivity index (χ3n) is 2.36. The van der Waals surface area contributed by atoms with Crippen molar-refractivity contribution in [2.75, 3.05) is 19.5 Å². The number of tetrazole rings is 1. The number of H-pyrrole nitrogens is 1. The number of aromatic nitrogens is 4. The fourth-order valence-electron chi connectivity index (χ4n) is 1.54. The summed E-state index contributed by atoms with van der Waals surface area (Å²) in [5, 5.41) is 16.5. The van der Waals surface area contributed by atoms with Crippen LogP contribution < -0.4 is 14.8 Å². The van der Waals surface area contributed by atoms with E-state index in [0.717, 1.165) is 10.0 Å². The molecule has 0 spiro atoms. The predicted octanol–water partition coefficient (Wildman–Crippen LogP) is 1.59. The zero-order chi connectivity index (χ0) is 13.0. The van der Waals surface area contributed by atoms with Crippen LogP contribution in [0.25, 0.3) is 0 Å². The van der Waals surface area contributed by atoms with Crippen molar-refractivity contribution in [3.8, 4) is 11.5 Å². The molecule has 96 valence electrons. The quantitative estimate of drug-likeness (QED) is 0.872. The van der Waals surface area contributed by atoms with Crippen LogP contribution in [0.3, 0.4) is 0 Å². The van der Waals surface area contributed by atoms with Gasteiger partial charge in [0, 0.05) is 16.6 Å². The molecule has 0 aliphatic heterocycles. The highest BCUT2D eigenvalue weighted by molar-refractivity contribution is 9.10. The normalized spacial score (nSPS) is 10.2. The zero-order valence-electron chi connectivity index (χ0n) is 9.90. The Kier molecular flexibility index (Phi) is 3.98. The van der Waals surface area contributed by atoms with Gasteiger partial charge in [0.25, 0.3) is 5.95 Å². The van der Waals surface area contributed by atoms with Crippen molar-refractivity contribution in [3.63, 3.8) is 0 Å². The molecule has 0 saturated carbocycles. The van der Waals surface area contributed by atoms with Gasteiger partial charge in [0.05, 0.1) is 14.2 Å². The summed E-state index contributed by atoms with van der Waals surface area (Å²) in [4.78, 5) is 0. The van der Waals surface area contributed by atoms with Crippen molar-refractivity contribution >= 4 is 21.9 Å². The van der Waals surface area contributed by atoms with Gasteiger partial charge in [-0.05, 0) is 17.3 Å². The Morgan fingerprint density at radius 1 is 1.33 bits per heavy atom. The number of methoxy groups -OCH3 is 2. The molecule has 7 nitrogen and oxygen atoms in total. The van der Waals surface area contributed by atoms with Gasteiger partial charge in [-0.15, -0.1) is 5.10 Å². The van der Waals surface area contributed by atoms with Crippen LogP contribution in [0.1, 0.15) is 5.56 Å². The number of aromatic amines is 1. The van der Waals surface area contributed by atoms with Crippen molar-refractivity contribution in [1.82, 2.24) is 20.6 Å². The van der Waals surface area contributed by atoms with Crippen molar-refractivity contribution in [2.24, 2.45) is 0 Å². The Bertz CT molecular complexity index is 517. The van der Waals surface area contributed by atoms with E-state index in [2.05, 4.69) is 41.9 Å². The van der Waals surface area contributed by atoms with E-state index in [1.54, 1.807) is 14.2 Å². The molecule has 2 rings (SSSR count). The number of hydrogen-bond acceptors (Lipinski definition) is 6. The molecule has 0 amide bonds. The first kappa shape index (κ1) is 12.6. The van der Waals surface area contributed by atoms with Crippen molar-refractivity contribution < 1.29 is 9.47 Å². The molecular formula is C10H12BrN5O2. The van der Waals surface area contributed by atoms with E-state index in [9.17, 15) is 0 Å². The van der Waals surface area contributed by atoms with Gasteiger partial charge in [-0.3, -0.25) is 0 Å². The monoisotopic (exact) mass is 313 g/mol. The van der Waals surface area contributed by atoms with Crippen LogP contribution in [0.5, 0.6) is 11.5 Å². The van der Waals surface area contributed by atoms with Crippen LogP contribution in [0, 0.1) is 0 Å². The molecule has 0 bridgehead atoms. The average molecular weight is 314 g/mol. The summed E-state index contributed by atoms with van der Waals surface area (Å²) < 4.78 is 11.5. The lowest BCUT2D eigenvalue weighted by Gasteiger charge is -2.14. The predicted molar refractivity (Wildman–Crippen MR) is 68.8 cm³/mol. The Hall–Kier alpha value is -1.83. The minimum absolute atomic E-state index is 0.423. The van der Waals surface area contributed by atoms with Crippen LogP contribution in [0.2, 0.25) is 0 Å². The van der Waals surface area contributed by atoms with Gasteiger partial charge in [0.1, 0.15) is 0 Å². The lowest BCUT2D eigenvalue weighted by Crippen LogP contribution is -2.05. The first-order valence-electron chi connectivity index (χ1n) is 5.13. The maximum absolute atomic E-state index is 5.36. The zero-order valence-corrected chi connectivity index (χ0v) is 11.5. The summed E-state index contributed by atoms with van der Waals surface area (Å²) in [6, 6.07) is 3.73. The number of ether oxygens (including phenoxy) is 2. The second kappa shape index (κ2) is 5.67. The molecule has 1 heterocycles. The van der Waals surface area contributed by atoms with E-state index < -0.39 is 0 Å². The average Bonchev–Trinajstić information content (AvgIpc) is 2.90. The highest BCUT2D eigenvalue weighted by Gasteiger charge is 2.13. The number of rotatable bonds is 5. The first-order valence-corrected chi connectivity index (χ1v) is 5.92. The molecule has 1 aromatic carbocycles. The van der Waals surface area contributed by atoms with E-state index in [1.807, 2.05) is 12.1 Å². The molecule has 0 aliphatic rings. The Morgan fingerprint density at radius 2 is 2.17 bits per heavy atom. The Morgan fingerprint density at radius 3 is 2.78 bits per heavy atom. The van der Waals surface area contributed by atoms with Gasteiger partial charge in [0.15, 0.2) is 11.5 Å². The molecule has 18 heavy (non-hydrogen) atoms. The van der Waals surface area contributed by atoms with Crippen LogP contribution >= 0.6 is 15.9 Å². The maximum Gasteiger partial charge on any atom is 0.263 e. The van der Waals surface area contributed by atoms with E-state index in [0.29, 0.717) is 24.0 Å². The van der Waals surface area contributed by atoms with Crippen molar-refractivity contribution in [3.05, 3.63) is 22.2 Å². The van der Waals surface area contributed by atoms with E-state index in [1.165, 1.54) is 0 Å². The molecule has 0 fully saturated rings. The third-order valence-corrected chi connectivity index (χ3v) is 3.10. The number of hydrogen-bond donors (Lipinski definition) is 2. The molecular weight excluding hydrogens is 302 g/mol. The lowest BCUT2D eigenvalue weighted by molar-refractivity contribution is 0.351. The number of nitrogens with one attached hydrogen (secondary N) is 2. The SMILES string of the molecule is COc1ccc(Br)c(CNc2nn[nH]n2)c1OC. The topological polar surface area (TPSA) is 85.0 Å². The third kappa shape index (κ3) is 2.53. The van der Waals surface area contributed by atoms with Crippen molar-refractivity contribution in [2.45, 2.75) is 6.54 Å². The number of benzene rings is 1. The molecule has 0 aliphatic carbocycles. The van der Waals surface area contributed by atoms with E-state index in [-0.39, 0.29) is 0 Å². The fourth-order valence-corrected chi connectivity index (χ4v) is 1.99. The van der Waals surface area contributed by atoms with Crippen LogP contribution in [0.15, 0.2) is 16.6 Å². The smallest absolute Gasteiger partial charge is 0.263 e. The summed E-state index contributed by atoms with van der Waals surface area (Å²) in [6.45, 7) is 0.487. The minimum atomic E-state index is 0.423. The van der Waals surface area contributed by atoms with Crippen LogP contribution in [0.4, 0.5) is 5.95 Å². The lowest BCUT2D eigenvalue weighted by atomic mass is 10.2. The van der Waals surface area contributed by atoms with Gasteiger partial charge >= 0.3 is 0 Å². The summed E-state index contributed by atoms with van der Waals surface area (Å²) in [5.74, 6) is 1.76. The Balaban J connectivity index is 2.25. The second-order valence-electron chi connectivity index (χ2n) is 3.35. The highest BCUT2D eigenvalue weighted by Crippen LogP contribution is 2.36. The first-order chi connectivity index (χ1) is 8.76. The largest absolute Gasteiger partial charge is 0.493 e. The summed E-state index contributed by atoms with van der Waals surface area (Å²) in [7, 11) is 3.20. The molecule has 0 unspecified atom stereocenters. The highest BCUT2D eigenvalue weighted by atomic mass is 79.9. The summed E-state index contributed by atoms with van der Waals surface area (Å²) in [6.07, 6.45) is 0. The second-order valence-corrected chi connectivity index (χ2v) is 4.20. The molecule has 0 saturated heterocycles. The summed E-state index contributed by atoms with van der Waals surface area (Å²) in [5.41, 5.74) is 0.918. The van der Waals surface area contributed by atoms with Gasteiger partial charge < -0.3 is 14.8 Å². The number of nitrogens with zero attached hydrogens (tertiary/aromatic N) is 3. The number of anilines is 1. The standard InChI is InChI=1S/C10H12BrN5O2/c1-17-8-4-3-7(11)6(9(8)18-2)5-12-10-13-15-16-14-10/h3-4H,5H2,1-2H3,(H2,12,13,14,15,16). The van der Waals surface area contributed by atoms with Crippen molar-refractivity contribution in [1.29, 1.82) is 0 Å². The van der Waals surface area contributed by atoms with E-state index >= 15 is 0 Å². The van der Waals surface area contributed by atoms with Crippen LogP contribution in [-0.2, 0) is 6.54 Å². The van der Waals surface area contributed by atoms with Crippen LogP contribution in [-0.4, -0.2) is 34.8 Å². The Labute approximate surface area is 112 Å². The van der Waals surface area contributed by atoms with Gasteiger partial charge in [-0.25, -0.2) is 0 Å². The minimum Gasteiger partial charge on any atom is -0.493 e. The maximum atomic E-state index is 5.36. The van der Waals surface area contributed by atoms with Gasteiger partial charge in [-0.1, -0.05) is 21.0 Å². The molecule has 1 aromatic heterocycles. The molecule has 8 heteroatoms. The van der Waals surface area contributed by atoms with Gasteiger partial charge in [-0.2, -0.15) is 5.21 Å². The number of halogens is 1. The summed E-state index contributed by atoms with van der Waals surface area (Å²) >= 11 is 3.48. The fraction of sp³-hybridized carbons (Fsp3) is 0.300. The van der Waals surface area contributed by atoms with E-state index in [4.69, 9.17) is 9.47 Å².